The summed E-state index contributed by atoms with van der Waals surface area (Å²) < 4.78 is 10.8. The maximum atomic E-state index is 13.0. The molecule has 1 aliphatic heterocycles. The number of methoxy groups -OCH3 is 1. The van der Waals surface area contributed by atoms with E-state index in [-0.39, 0.29) is 49.8 Å². The molecule has 0 unspecified atom stereocenters. The van der Waals surface area contributed by atoms with Crippen LogP contribution in [0.3, 0.4) is 0 Å². The first-order chi connectivity index (χ1) is 18.5. The van der Waals surface area contributed by atoms with Crippen LogP contribution >= 0.6 is 0 Å². The highest BCUT2D eigenvalue weighted by Gasteiger charge is 2.38. The lowest BCUT2D eigenvalue weighted by molar-refractivity contribution is -0.168. The van der Waals surface area contributed by atoms with E-state index < -0.39 is 23.9 Å². The first-order valence-electron chi connectivity index (χ1n) is 12.3. The molecular formula is C29H26N2O7. The van der Waals surface area contributed by atoms with Crippen LogP contribution in [0.5, 0.6) is 0 Å². The summed E-state index contributed by atoms with van der Waals surface area (Å²) in [5.74, 6) is -2.33. The Morgan fingerprint density at radius 1 is 0.789 bits per heavy atom. The average molecular weight is 515 g/mol. The van der Waals surface area contributed by atoms with Crippen molar-refractivity contribution in [2.45, 2.75) is 12.3 Å². The Morgan fingerprint density at radius 2 is 1.32 bits per heavy atom. The predicted molar refractivity (Wildman–Crippen MR) is 136 cm³/mol. The number of benzene rings is 3. The molecule has 1 heterocycles. The second-order valence-corrected chi connectivity index (χ2v) is 8.95. The van der Waals surface area contributed by atoms with E-state index in [9.17, 15) is 19.2 Å². The van der Waals surface area contributed by atoms with Crippen LogP contribution in [0.15, 0.2) is 72.8 Å². The number of carbonyl (C=O) groups is 4. The highest BCUT2D eigenvalue weighted by atomic mass is 16.7. The van der Waals surface area contributed by atoms with Gasteiger partial charge >= 0.3 is 12.1 Å². The molecule has 9 nitrogen and oxygen atoms in total. The van der Waals surface area contributed by atoms with E-state index in [1.54, 1.807) is 12.1 Å². The van der Waals surface area contributed by atoms with Crippen LogP contribution < -0.4 is 0 Å². The topological polar surface area (TPSA) is 102 Å². The summed E-state index contributed by atoms with van der Waals surface area (Å²) in [6.45, 7) is 0.517. The molecule has 0 bridgehead atoms. The fraction of sp³-hybridized carbons (Fsp3) is 0.241. The molecule has 194 valence electrons. The van der Waals surface area contributed by atoms with E-state index in [0.717, 1.165) is 22.3 Å². The number of fused-ring (bicyclic) bond motifs is 4. The van der Waals surface area contributed by atoms with Crippen LogP contribution in [-0.4, -0.2) is 67.3 Å². The lowest BCUT2D eigenvalue weighted by Crippen LogP contribution is -2.38. The van der Waals surface area contributed by atoms with Crippen LogP contribution in [0.2, 0.25) is 0 Å². The van der Waals surface area contributed by atoms with Crippen molar-refractivity contribution in [2.75, 3.05) is 33.4 Å². The van der Waals surface area contributed by atoms with Crippen LogP contribution in [0.25, 0.3) is 11.1 Å². The monoisotopic (exact) mass is 514 g/mol. The maximum absolute atomic E-state index is 13.0. The quantitative estimate of drug-likeness (QED) is 0.397. The summed E-state index contributed by atoms with van der Waals surface area (Å²) >= 11 is 0. The Hall–Kier alpha value is -4.50. The second-order valence-electron chi connectivity index (χ2n) is 8.95. The highest BCUT2D eigenvalue weighted by molar-refractivity contribution is 6.20. The van der Waals surface area contributed by atoms with Gasteiger partial charge in [0.2, 0.25) is 0 Å². The van der Waals surface area contributed by atoms with Gasteiger partial charge < -0.3 is 19.2 Å². The minimum Gasteiger partial charge on any atom is -0.448 e. The van der Waals surface area contributed by atoms with Gasteiger partial charge in [-0.1, -0.05) is 65.7 Å². The number of carbonyl (C=O) groups excluding carboxylic acids is 4. The molecule has 0 atom stereocenters. The minimum absolute atomic E-state index is 0.0396. The zero-order chi connectivity index (χ0) is 26.6. The van der Waals surface area contributed by atoms with Gasteiger partial charge in [0, 0.05) is 26.1 Å². The van der Waals surface area contributed by atoms with Crippen LogP contribution in [-0.2, 0) is 19.1 Å². The van der Waals surface area contributed by atoms with Crippen molar-refractivity contribution < 1.29 is 33.5 Å². The van der Waals surface area contributed by atoms with E-state index in [0.29, 0.717) is 5.06 Å². The Labute approximate surface area is 219 Å². The van der Waals surface area contributed by atoms with Crippen molar-refractivity contribution in [3.05, 3.63) is 95.1 Å². The predicted octanol–water partition coefficient (Wildman–Crippen LogP) is 4.03. The zero-order valence-corrected chi connectivity index (χ0v) is 20.8. The fourth-order valence-corrected chi connectivity index (χ4v) is 4.80. The van der Waals surface area contributed by atoms with Crippen molar-refractivity contribution in [3.8, 4) is 11.1 Å². The molecule has 5 rings (SSSR count). The summed E-state index contributed by atoms with van der Waals surface area (Å²) in [7, 11) is 1.51. The third-order valence-electron chi connectivity index (χ3n) is 6.70. The molecule has 0 fully saturated rings. The summed E-state index contributed by atoms with van der Waals surface area (Å²) in [6.07, 6.45) is -0.848. The molecule has 0 saturated heterocycles. The van der Waals surface area contributed by atoms with Crippen molar-refractivity contribution >= 4 is 23.9 Å². The molecule has 0 radical (unpaired) electrons. The van der Waals surface area contributed by atoms with E-state index in [1.807, 2.05) is 36.4 Å². The van der Waals surface area contributed by atoms with E-state index in [2.05, 4.69) is 12.1 Å². The molecule has 2 aliphatic rings. The third kappa shape index (κ3) is 4.76. The molecule has 9 heteroatoms. The second kappa shape index (κ2) is 10.9. The van der Waals surface area contributed by atoms with Gasteiger partial charge in [0.1, 0.15) is 6.61 Å². The number of imide groups is 1. The van der Waals surface area contributed by atoms with Crippen molar-refractivity contribution in [2.24, 2.45) is 0 Å². The van der Waals surface area contributed by atoms with Gasteiger partial charge in [0.05, 0.1) is 24.2 Å². The summed E-state index contributed by atoms with van der Waals surface area (Å²) in [5, 5.41) is 0.458. The van der Waals surface area contributed by atoms with Gasteiger partial charge in [-0.15, -0.1) is 0 Å². The summed E-state index contributed by atoms with van der Waals surface area (Å²) in [4.78, 5) is 56.8. The molecule has 38 heavy (non-hydrogen) atoms. The van der Waals surface area contributed by atoms with Gasteiger partial charge in [-0.2, -0.15) is 0 Å². The number of amides is 3. The largest absolute Gasteiger partial charge is 0.448 e. The lowest BCUT2D eigenvalue weighted by Gasteiger charge is -2.23. The van der Waals surface area contributed by atoms with Crippen molar-refractivity contribution in [3.63, 3.8) is 0 Å². The number of ether oxygens (including phenoxy) is 2. The molecule has 1 aliphatic carbocycles. The lowest BCUT2D eigenvalue weighted by atomic mass is 9.98. The standard InChI is InChI=1S/C29H26N2O7/c1-36-17-16-30(15-14-26(32)38-31-27(33)23-12-6-7-13-24(23)28(31)34)29(35)37-18-25-21-10-4-2-8-19(21)20-9-3-5-11-22(20)25/h2-13,25H,14-18H2,1H3. The Kier molecular flexibility index (Phi) is 7.19. The number of hydrogen-bond acceptors (Lipinski definition) is 7. The number of nitrogens with zero attached hydrogens (tertiary/aromatic N) is 2. The smallest absolute Gasteiger partial charge is 0.409 e. The molecule has 3 aromatic carbocycles. The number of hydrogen-bond donors (Lipinski definition) is 0. The molecular weight excluding hydrogens is 488 g/mol. The Balaban J connectivity index is 1.20. The fourth-order valence-electron chi connectivity index (χ4n) is 4.80. The van der Waals surface area contributed by atoms with Crippen molar-refractivity contribution in [1.29, 1.82) is 0 Å². The number of rotatable bonds is 9. The first-order valence-corrected chi connectivity index (χ1v) is 12.3. The van der Waals surface area contributed by atoms with Crippen LogP contribution in [0.1, 0.15) is 44.2 Å². The van der Waals surface area contributed by atoms with Gasteiger partial charge in [0.15, 0.2) is 0 Å². The van der Waals surface area contributed by atoms with Gasteiger partial charge in [-0.25, -0.2) is 9.59 Å². The van der Waals surface area contributed by atoms with Crippen molar-refractivity contribution in [1.82, 2.24) is 9.96 Å². The van der Waals surface area contributed by atoms with Crippen LogP contribution in [0, 0.1) is 0 Å². The summed E-state index contributed by atoms with van der Waals surface area (Å²) in [6, 6.07) is 22.3. The molecule has 3 amide bonds. The van der Waals surface area contributed by atoms with Gasteiger partial charge in [-0.3, -0.25) is 9.59 Å². The Morgan fingerprint density at radius 3 is 1.87 bits per heavy atom. The molecule has 3 aromatic rings. The average Bonchev–Trinajstić information content (AvgIpc) is 3.39. The van der Waals surface area contributed by atoms with E-state index >= 15 is 0 Å². The zero-order valence-electron chi connectivity index (χ0n) is 20.8. The van der Waals surface area contributed by atoms with Crippen LogP contribution in [0.4, 0.5) is 4.79 Å². The number of hydroxylamine groups is 2. The highest BCUT2D eigenvalue weighted by Crippen LogP contribution is 2.44. The molecule has 0 saturated carbocycles. The third-order valence-corrected chi connectivity index (χ3v) is 6.70. The summed E-state index contributed by atoms with van der Waals surface area (Å²) in [5.41, 5.74) is 4.77. The minimum atomic E-state index is -0.826. The molecule has 0 spiro atoms. The van der Waals surface area contributed by atoms with Gasteiger partial charge in [0.25, 0.3) is 11.8 Å². The van der Waals surface area contributed by atoms with Gasteiger partial charge in [-0.05, 0) is 34.4 Å². The molecule has 0 aromatic heterocycles. The first kappa shape index (κ1) is 25.2. The van der Waals surface area contributed by atoms with E-state index in [4.69, 9.17) is 14.3 Å². The molecule has 0 N–H and O–H groups in total. The normalized spacial score (nSPS) is 13.7. The maximum Gasteiger partial charge on any atom is 0.409 e. The van der Waals surface area contributed by atoms with E-state index in [1.165, 1.54) is 24.1 Å². The SMILES string of the molecule is COCCN(CCC(=O)ON1C(=O)c2ccccc2C1=O)C(=O)OCC1c2ccccc2-c2ccccc21. The Bertz CT molecular complexity index is 1320.